The molecule has 1 unspecified atom stereocenters. The SMILES string of the molecule is CCc1c(CC2CCCCO2)cnc2c1CC[C@@H]1CNCCN21. The van der Waals surface area contributed by atoms with Crippen molar-refractivity contribution >= 4 is 5.82 Å². The monoisotopic (exact) mass is 315 g/mol. The summed E-state index contributed by atoms with van der Waals surface area (Å²) in [6.07, 6.45) is 10.9. The molecule has 2 fully saturated rings. The van der Waals surface area contributed by atoms with Crippen LogP contribution in [0, 0.1) is 0 Å². The maximum absolute atomic E-state index is 5.96. The van der Waals surface area contributed by atoms with E-state index in [-0.39, 0.29) is 0 Å². The molecule has 2 atom stereocenters. The number of hydrogen-bond acceptors (Lipinski definition) is 4. The van der Waals surface area contributed by atoms with Crippen molar-refractivity contribution in [2.45, 2.75) is 64.0 Å². The van der Waals surface area contributed by atoms with Gasteiger partial charge in [-0.15, -0.1) is 0 Å². The van der Waals surface area contributed by atoms with Gasteiger partial charge in [0.05, 0.1) is 6.10 Å². The molecule has 126 valence electrons. The summed E-state index contributed by atoms with van der Waals surface area (Å²) in [5.41, 5.74) is 4.52. The van der Waals surface area contributed by atoms with Crippen molar-refractivity contribution in [2.24, 2.45) is 0 Å². The van der Waals surface area contributed by atoms with Gasteiger partial charge in [-0.3, -0.25) is 0 Å². The number of pyridine rings is 1. The highest BCUT2D eigenvalue weighted by Gasteiger charge is 2.31. The lowest BCUT2D eigenvalue weighted by atomic mass is 9.88. The maximum atomic E-state index is 5.96. The summed E-state index contributed by atoms with van der Waals surface area (Å²) in [6.45, 7) is 6.52. The van der Waals surface area contributed by atoms with Crippen molar-refractivity contribution in [3.63, 3.8) is 0 Å². The number of fused-ring (bicyclic) bond motifs is 3. The highest BCUT2D eigenvalue weighted by atomic mass is 16.5. The molecule has 4 nitrogen and oxygen atoms in total. The summed E-state index contributed by atoms with van der Waals surface area (Å²) in [7, 11) is 0. The van der Waals surface area contributed by atoms with E-state index < -0.39 is 0 Å². The Kier molecular flexibility index (Phi) is 4.54. The molecule has 2 saturated heterocycles. The molecular formula is C19H29N3O. The minimum Gasteiger partial charge on any atom is -0.378 e. The van der Waals surface area contributed by atoms with Crippen molar-refractivity contribution in [3.05, 3.63) is 22.9 Å². The lowest BCUT2D eigenvalue weighted by Crippen LogP contribution is -2.53. The lowest BCUT2D eigenvalue weighted by Gasteiger charge is -2.42. The van der Waals surface area contributed by atoms with Crippen LogP contribution in [0.25, 0.3) is 0 Å². The van der Waals surface area contributed by atoms with E-state index in [4.69, 9.17) is 9.72 Å². The van der Waals surface area contributed by atoms with Gasteiger partial charge in [0.15, 0.2) is 0 Å². The largest absolute Gasteiger partial charge is 0.378 e. The number of piperazine rings is 1. The topological polar surface area (TPSA) is 37.4 Å². The Bertz CT molecular complexity index is 554. The molecule has 0 bridgehead atoms. The normalized spacial score (nSPS) is 27.4. The number of rotatable bonds is 3. The van der Waals surface area contributed by atoms with Crippen molar-refractivity contribution in [3.8, 4) is 0 Å². The molecule has 0 aliphatic carbocycles. The molecule has 23 heavy (non-hydrogen) atoms. The fraction of sp³-hybridized carbons (Fsp3) is 0.737. The highest BCUT2D eigenvalue weighted by molar-refractivity contribution is 5.56. The fourth-order valence-electron chi connectivity index (χ4n) is 4.57. The quantitative estimate of drug-likeness (QED) is 0.930. The number of anilines is 1. The van der Waals surface area contributed by atoms with Crippen LogP contribution in [0.15, 0.2) is 6.20 Å². The number of nitrogens with zero attached hydrogens (tertiary/aromatic N) is 2. The van der Waals surface area contributed by atoms with Gasteiger partial charge in [0.25, 0.3) is 0 Å². The molecule has 0 amide bonds. The first-order valence-electron chi connectivity index (χ1n) is 9.45. The third-order valence-corrected chi connectivity index (χ3v) is 5.79. The first kappa shape index (κ1) is 15.4. The van der Waals surface area contributed by atoms with E-state index in [1.807, 2.05) is 0 Å². The van der Waals surface area contributed by atoms with Crippen LogP contribution in [-0.4, -0.2) is 43.4 Å². The molecule has 0 saturated carbocycles. The summed E-state index contributed by atoms with van der Waals surface area (Å²) in [6, 6.07) is 0.640. The summed E-state index contributed by atoms with van der Waals surface area (Å²) in [5.74, 6) is 1.27. The van der Waals surface area contributed by atoms with Crippen molar-refractivity contribution in [2.75, 3.05) is 31.1 Å². The fourth-order valence-corrected chi connectivity index (χ4v) is 4.57. The van der Waals surface area contributed by atoms with Gasteiger partial charge in [0.2, 0.25) is 0 Å². The molecule has 1 aromatic heterocycles. The van der Waals surface area contributed by atoms with E-state index in [1.165, 1.54) is 49.0 Å². The Labute approximate surface area is 139 Å². The zero-order valence-electron chi connectivity index (χ0n) is 14.3. The van der Waals surface area contributed by atoms with E-state index in [2.05, 4.69) is 23.3 Å². The molecule has 1 N–H and O–H groups in total. The molecule has 0 aromatic carbocycles. The number of aromatic nitrogens is 1. The second-order valence-electron chi connectivity index (χ2n) is 7.20. The standard InChI is InChI=1S/C19H29N3O/c1-2-17-14(11-16-5-3-4-10-23-16)12-21-19-18(17)7-6-15-13-20-8-9-22(15)19/h12,15-16,20H,2-11,13H2,1H3/t15-,16?/m1/s1. The summed E-state index contributed by atoms with van der Waals surface area (Å²) in [5, 5.41) is 3.52. The van der Waals surface area contributed by atoms with Gasteiger partial charge in [-0.25, -0.2) is 4.98 Å². The predicted molar refractivity (Wildman–Crippen MR) is 93.2 cm³/mol. The van der Waals surface area contributed by atoms with Gasteiger partial charge < -0.3 is 15.0 Å². The third-order valence-electron chi connectivity index (χ3n) is 5.79. The maximum Gasteiger partial charge on any atom is 0.132 e. The van der Waals surface area contributed by atoms with E-state index >= 15 is 0 Å². The van der Waals surface area contributed by atoms with Gasteiger partial charge in [0, 0.05) is 44.9 Å². The summed E-state index contributed by atoms with van der Waals surface area (Å²) < 4.78 is 5.96. The van der Waals surface area contributed by atoms with Gasteiger partial charge in [-0.2, -0.15) is 0 Å². The average molecular weight is 315 g/mol. The molecule has 4 heterocycles. The minimum absolute atomic E-state index is 0.407. The summed E-state index contributed by atoms with van der Waals surface area (Å²) in [4.78, 5) is 7.47. The molecule has 4 heteroatoms. The van der Waals surface area contributed by atoms with Crippen molar-refractivity contribution in [1.82, 2.24) is 10.3 Å². The molecule has 3 aliphatic heterocycles. The van der Waals surface area contributed by atoms with Crippen LogP contribution in [0.4, 0.5) is 5.82 Å². The number of nitrogens with one attached hydrogen (secondary N) is 1. The Morgan fingerprint density at radius 1 is 1.35 bits per heavy atom. The third kappa shape index (κ3) is 2.99. The molecule has 3 aliphatic rings. The first-order valence-corrected chi connectivity index (χ1v) is 9.45. The number of ether oxygens (including phenoxy) is 1. The van der Waals surface area contributed by atoms with Crippen molar-refractivity contribution < 1.29 is 4.74 Å². The van der Waals surface area contributed by atoms with Crippen LogP contribution in [0.5, 0.6) is 0 Å². The van der Waals surface area contributed by atoms with Gasteiger partial charge in [-0.1, -0.05) is 6.92 Å². The van der Waals surface area contributed by atoms with Gasteiger partial charge >= 0.3 is 0 Å². The molecular weight excluding hydrogens is 286 g/mol. The van der Waals surface area contributed by atoms with Crippen molar-refractivity contribution in [1.29, 1.82) is 0 Å². The average Bonchev–Trinajstić information content (AvgIpc) is 2.62. The highest BCUT2D eigenvalue weighted by Crippen LogP contribution is 2.34. The molecule has 1 aromatic rings. The van der Waals surface area contributed by atoms with E-state index in [0.29, 0.717) is 12.1 Å². The minimum atomic E-state index is 0.407. The number of hydrogen-bond donors (Lipinski definition) is 1. The van der Waals surface area contributed by atoms with Crippen LogP contribution in [0.2, 0.25) is 0 Å². The molecule has 0 spiro atoms. The van der Waals surface area contributed by atoms with Crippen LogP contribution in [0.1, 0.15) is 49.3 Å². The molecule has 4 rings (SSSR count). The zero-order chi connectivity index (χ0) is 15.6. The van der Waals surface area contributed by atoms with E-state index in [9.17, 15) is 0 Å². The first-order chi connectivity index (χ1) is 11.4. The Hall–Kier alpha value is -1.13. The van der Waals surface area contributed by atoms with E-state index in [1.54, 1.807) is 5.56 Å². The van der Waals surface area contributed by atoms with Crippen LogP contribution in [-0.2, 0) is 24.0 Å². The second kappa shape index (κ2) is 6.78. The van der Waals surface area contributed by atoms with Gasteiger partial charge in [-0.05, 0) is 55.2 Å². The lowest BCUT2D eigenvalue weighted by molar-refractivity contribution is 0.0166. The Morgan fingerprint density at radius 3 is 3.13 bits per heavy atom. The Morgan fingerprint density at radius 2 is 2.30 bits per heavy atom. The second-order valence-corrected chi connectivity index (χ2v) is 7.20. The van der Waals surface area contributed by atoms with Crippen LogP contribution < -0.4 is 10.2 Å². The van der Waals surface area contributed by atoms with Gasteiger partial charge in [0.1, 0.15) is 5.82 Å². The van der Waals surface area contributed by atoms with Crippen LogP contribution >= 0.6 is 0 Å². The van der Waals surface area contributed by atoms with E-state index in [0.717, 1.165) is 39.1 Å². The predicted octanol–water partition coefficient (Wildman–Crippen LogP) is 2.48. The Balaban J connectivity index is 1.62. The smallest absolute Gasteiger partial charge is 0.132 e. The van der Waals surface area contributed by atoms with Crippen LogP contribution in [0.3, 0.4) is 0 Å². The zero-order valence-corrected chi connectivity index (χ0v) is 14.3. The molecule has 0 radical (unpaired) electrons. The summed E-state index contributed by atoms with van der Waals surface area (Å²) >= 11 is 0.